The summed E-state index contributed by atoms with van der Waals surface area (Å²) in [7, 11) is 0. The first kappa shape index (κ1) is 16.7. The Morgan fingerprint density at radius 3 is 2.70 bits per heavy atom. The molecule has 2 fully saturated rings. The summed E-state index contributed by atoms with van der Waals surface area (Å²) in [6.07, 6.45) is 3.49. The highest BCUT2D eigenvalue weighted by Crippen LogP contribution is 2.39. The lowest BCUT2D eigenvalue weighted by atomic mass is 9.73. The molecule has 0 aliphatic carbocycles. The van der Waals surface area contributed by atoms with Crippen molar-refractivity contribution in [2.45, 2.75) is 50.2 Å². The first-order valence-corrected chi connectivity index (χ1v) is 8.76. The molecule has 23 heavy (non-hydrogen) atoms. The standard InChI is InChI=1S/C18H24ClNO3/c1-13(16-7-4-10-23-16)20-17(21)18(8-11-22-12-9-18)14-5-2-3-6-15(14)19/h2-3,5-6,13,16H,4,7-12H2,1H3,(H,20,21)/t13-,16-/m0/s1. The van der Waals surface area contributed by atoms with Crippen molar-refractivity contribution in [1.82, 2.24) is 5.32 Å². The second-order valence-electron chi connectivity index (χ2n) is 6.49. The van der Waals surface area contributed by atoms with Crippen molar-refractivity contribution in [3.63, 3.8) is 0 Å². The minimum Gasteiger partial charge on any atom is -0.381 e. The van der Waals surface area contributed by atoms with E-state index in [4.69, 9.17) is 21.1 Å². The zero-order chi connectivity index (χ0) is 16.3. The molecular weight excluding hydrogens is 314 g/mol. The number of ether oxygens (including phenoxy) is 2. The molecule has 0 bridgehead atoms. The lowest BCUT2D eigenvalue weighted by Gasteiger charge is -2.38. The third-order valence-electron chi connectivity index (χ3n) is 5.05. The van der Waals surface area contributed by atoms with E-state index in [1.807, 2.05) is 31.2 Å². The molecular formula is C18H24ClNO3. The van der Waals surface area contributed by atoms with Gasteiger partial charge in [0, 0.05) is 24.8 Å². The highest BCUT2D eigenvalue weighted by molar-refractivity contribution is 6.31. The van der Waals surface area contributed by atoms with Gasteiger partial charge in [-0.15, -0.1) is 0 Å². The molecule has 2 aliphatic rings. The summed E-state index contributed by atoms with van der Waals surface area (Å²) in [6, 6.07) is 7.66. The third kappa shape index (κ3) is 3.39. The number of amides is 1. The van der Waals surface area contributed by atoms with E-state index >= 15 is 0 Å². The van der Waals surface area contributed by atoms with Crippen LogP contribution in [0.25, 0.3) is 0 Å². The van der Waals surface area contributed by atoms with Crippen molar-refractivity contribution in [3.8, 4) is 0 Å². The van der Waals surface area contributed by atoms with Gasteiger partial charge in [0.15, 0.2) is 0 Å². The summed E-state index contributed by atoms with van der Waals surface area (Å²) in [5, 5.41) is 3.83. The Morgan fingerprint density at radius 2 is 2.04 bits per heavy atom. The molecule has 1 aromatic carbocycles. The van der Waals surface area contributed by atoms with E-state index in [1.54, 1.807) is 0 Å². The number of halogens is 1. The van der Waals surface area contributed by atoms with Gasteiger partial charge in [-0.25, -0.2) is 0 Å². The average molecular weight is 338 g/mol. The molecule has 1 N–H and O–H groups in total. The van der Waals surface area contributed by atoms with E-state index in [0.29, 0.717) is 31.1 Å². The molecule has 0 unspecified atom stereocenters. The number of rotatable bonds is 4. The number of carbonyl (C=O) groups is 1. The fourth-order valence-electron chi connectivity index (χ4n) is 3.62. The summed E-state index contributed by atoms with van der Waals surface area (Å²) in [6.45, 7) is 3.96. The summed E-state index contributed by atoms with van der Waals surface area (Å²) in [5.41, 5.74) is 0.297. The largest absolute Gasteiger partial charge is 0.381 e. The van der Waals surface area contributed by atoms with Crippen molar-refractivity contribution in [3.05, 3.63) is 34.9 Å². The van der Waals surface area contributed by atoms with Gasteiger partial charge in [-0.3, -0.25) is 4.79 Å². The first-order valence-electron chi connectivity index (χ1n) is 8.39. The predicted octanol–water partition coefficient (Wildman–Crippen LogP) is 3.07. The van der Waals surface area contributed by atoms with Gasteiger partial charge in [-0.05, 0) is 44.2 Å². The lowest BCUT2D eigenvalue weighted by Crippen LogP contribution is -2.52. The summed E-state index contributed by atoms with van der Waals surface area (Å²) in [5.74, 6) is 0.0388. The van der Waals surface area contributed by atoms with Crippen LogP contribution in [0.3, 0.4) is 0 Å². The highest BCUT2D eigenvalue weighted by atomic mass is 35.5. The van der Waals surface area contributed by atoms with Gasteiger partial charge in [0.2, 0.25) is 5.91 Å². The van der Waals surface area contributed by atoms with Crippen molar-refractivity contribution in [1.29, 1.82) is 0 Å². The second-order valence-corrected chi connectivity index (χ2v) is 6.90. The fraction of sp³-hybridized carbons (Fsp3) is 0.611. The lowest BCUT2D eigenvalue weighted by molar-refractivity contribution is -0.132. The van der Waals surface area contributed by atoms with E-state index in [-0.39, 0.29) is 18.1 Å². The van der Waals surface area contributed by atoms with Crippen LogP contribution in [0.1, 0.15) is 38.2 Å². The van der Waals surface area contributed by atoms with Crippen LogP contribution >= 0.6 is 11.6 Å². The maximum Gasteiger partial charge on any atom is 0.231 e. The Bertz CT molecular complexity index is 551. The zero-order valence-corrected chi connectivity index (χ0v) is 14.3. The number of hydrogen-bond acceptors (Lipinski definition) is 3. The molecule has 2 atom stereocenters. The Labute approximate surface area is 142 Å². The van der Waals surface area contributed by atoms with Crippen molar-refractivity contribution in [2.75, 3.05) is 19.8 Å². The van der Waals surface area contributed by atoms with Crippen LogP contribution in [0.2, 0.25) is 5.02 Å². The van der Waals surface area contributed by atoms with Gasteiger partial charge >= 0.3 is 0 Å². The van der Waals surface area contributed by atoms with E-state index in [1.165, 1.54) is 0 Å². The SMILES string of the molecule is C[C@H](NC(=O)C1(c2ccccc2Cl)CCOCC1)[C@@H]1CCCO1. The van der Waals surface area contributed by atoms with Gasteiger partial charge in [-0.2, -0.15) is 0 Å². The summed E-state index contributed by atoms with van der Waals surface area (Å²) >= 11 is 6.41. The number of nitrogens with one attached hydrogen (secondary N) is 1. The van der Waals surface area contributed by atoms with Crippen LogP contribution in [-0.4, -0.2) is 37.9 Å². The van der Waals surface area contributed by atoms with E-state index in [0.717, 1.165) is 25.0 Å². The van der Waals surface area contributed by atoms with E-state index < -0.39 is 5.41 Å². The van der Waals surface area contributed by atoms with Crippen molar-refractivity contribution in [2.24, 2.45) is 0 Å². The Kier molecular flexibility index (Phi) is 5.24. The molecule has 0 radical (unpaired) electrons. The van der Waals surface area contributed by atoms with Crippen molar-refractivity contribution >= 4 is 17.5 Å². The van der Waals surface area contributed by atoms with Gasteiger partial charge in [0.25, 0.3) is 0 Å². The van der Waals surface area contributed by atoms with Crippen LogP contribution in [-0.2, 0) is 19.7 Å². The Balaban J connectivity index is 1.83. The molecule has 2 saturated heterocycles. The minimum absolute atomic E-state index is 0.00667. The van der Waals surface area contributed by atoms with Crippen molar-refractivity contribution < 1.29 is 14.3 Å². The Hall–Kier alpha value is -1.10. The third-order valence-corrected chi connectivity index (χ3v) is 5.38. The molecule has 126 valence electrons. The van der Waals surface area contributed by atoms with Crippen LogP contribution < -0.4 is 5.32 Å². The molecule has 0 spiro atoms. The highest BCUT2D eigenvalue weighted by Gasteiger charge is 2.43. The molecule has 0 aromatic heterocycles. The van der Waals surface area contributed by atoms with Gasteiger partial charge in [0.1, 0.15) is 0 Å². The first-order chi connectivity index (χ1) is 11.1. The maximum absolute atomic E-state index is 13.2. The monoisotopic (exact) mass is 337 g/mol. The molecule has 2 aliphatic heterocycles. The summed E-state index contributed by atoms with van der Waals surface area (Å²) < 4.78 is 11.2. The number of carbonyl (C=O) groups excluding carboxylic acids is 1. The molecule has 4 nitrogen and oxygen atoms in total. The minimum atomic E-state index is -0.608. The normalized spacial score (nSPS) is 25.0. The molecule has 3 rings (SSSR count). The predicted molar refractivity (Wildman–Crippen MR) is 89.8 cm³/mol. The van der Waals surface area contributed by atoms with Crippen LogP contribution in [0, 0.1) is 0 Å². The Morgan fingerprint density at radius 1 is 1.30 bits per heavy atom. The van der Waals surface area contributed by atoms with Crippen LogP contribution in [0.5, 0.6) is 0 Å². The topological polar surface area (TPSA) is 47.6 Å². The molecule has 2 heterocycles. The zero-order valence-electron chi connectivity index (χ0n) is 13.5. The average Bonchev–Trinajstić information content (AvgIpc) is 3.10. The van der Waals surface area contributed by atoms with Crippen LogP contribution in [0.15, 0.2) is 24.3 Å². The quantitative estimate of drug-likeness (QED) is 0.918. The molecule has 5 heteroatoms. The second kappa shape index (κ2) is 7.20. The number of hydrogen-bond donors (Lipinski definition) is 1. The van der Waals surface area contributed by atoms with Gasteiger partial charge in [0.05, 0.1) is 17.6 Å². The van der Waals surface area contributed by atoms with E-state index in [2.05, 4.69) is 5.32 Å². The number of benzene rings is 1. The maximum atomic E-state index is 13.2. The molecule has 1 amide bonds. The van der Waals surface area contributed by atoms with E-state index in [9.17, 15) is 4.79 Å². The molecule has 0 saturated carbocycles. The van der Waals surface area contributed by atoms with Gasteiger partial charge in [-0.1, -0.05) is 29.8 Å². The van der Waals surface area contributed by atoms with Gasteiger partial charge < -0.3 is 14.8 Å². The summed E-state index contributed by atoms with van der Waals surface area (Å²) in [4.78, 5) is 13.2. The van der Waals surface area contributed by atoms with Crippen LogP contribution in [0.4, 0.5) is 0 Å². The molecule has 1 aromatic rings. The fourth-order valence-corrected chi connectivity index (χ4v) is 3.94. The smallest absolute Gasteiger partial charge is 0.231 e.